The molecule has 2 aliphatic heterocycles. The lowest BCUT2D eigenvalue weighted by Gasteiger charge is -2.36. The van der Waals surface area contributed by atoms with Crippen molar-refractivity contribution in [3.63, 3.8) is 0 Å². The van der Waals surface area contributed by atoms with Gasteiger partial charge in [-0.3, -0.25) is 19.4 Å². The second-order valence-electron chi connectivity index (χ2n) is 13.3. The van der Waals surface area contributed by atoms with Crippen molar-refractivity contribution in [3.8, 4) is 39.5 Å². The zero-order chi connectivity index (χ0) is 35.5. The highest BCUT2D eigenvalue weighted by molar-refractivity contribution is 5.90. The zero-order valence-electron chi connectivity index (χ0n) is 28.4. The third kappa shape index (κ3) is 5.75. The first-order chi connectivity index (χ1) is 23.9. The van der Waals surface area contributed by atoms with Crippen molar-refractivity contribution < 1.29 is 31.8 Å². The summed E-state index contributed by atoms with van der Waals surface area (Å²) in [6.45, 7) is 8.03. The predicted octanol–water partition coefficient (Wildman–Crippen LogP) is 6.65. The topological polar surface area (TPSA) is 85.6 Å². The molecule has 0 bridgehead atoms. The fourth-order valence-electron chi connectivity index (χ4n) is 7.61. The molecule has 0 spiro atoms. The van der Waals surface area contributed by atoms with Crippen LogP contribution in [0.1, 0.15) is 60.4 Å². The van der Waals surface area contributed by atoms with Crippen molar-refractivity contribution in [3.05, 3.63) is 82.8 Å². The second-order valence-corrected chi connectivity index (χ2v) is 13.3. The van der Waals surface area contributed by atoms with Crippen molar-refractivity contribution >= 4 is 5.91 Å². The highest BCUT2D eigenvalue weighted by Gasteiger charge is 2.41. The molecule has 7 rings (SSSR count). The van der Waals surface area contributed by atoms with Gasteiger partial charge in [-0.15, -0.1) is 0 Å². The van der Waals surface area contributed by atoms with Crippen LogP contribution in [0.4, 0.5) is 17.6 Å². The molecule has 9 nitrogen and oxygen atoms in total. The zero-order valence-corrected chi connectivity index (χ0v) is 28.4. The van der Waals surface area contributed by atoms with Crippen LogP contribution in [0.25, 0.3) is 33.8 Å². The third-order valence-electron chi connectivity index (χ3n) is 9.81. The second kappa shape index (κ2) is 12.9. The minimum Gasteiger partial charge on any atom is -0.490 e. The van der Waals surface area contributed by atoms with Crippen LogP contribution in [0, 0.1) is 11.6 Å². The van der Waals surface area contributed by atoms with Gasteiger partial charge in [-0.25, -0.2) is 13.8 Å². The number of likely N-dealkylation sites (N-methyl/N-ethyl adjacent to an activating group) is 1. The Kier molecular flexibility index (Phi) is 8.75. The van der Waals surface area contributed by atoms with Crippen molar-refractivity contribution in [1.82, 2.24) is 29.5 Å². The largest absolute Gasteiger partial charge is 0.490 e. The lowest BCUT2D eigenvalue weighted by molar-refractivity contribution is -0.129. The van der Waals surface area contributed by atoms with E-state index < -0.39 is 24.1 Å². The minimum absolute atomic E-state index is 0.00127. The number of ether oxygens (including phenoxy) is 2. The average molecular weight is 691 g/mol. The molecule has 2 unspecified atom stereocenters. The number of methoxy groups -OCH3 is 1. The lowest BCUT2D eigenvalue weighted by atomic mass is 9.90. The number of carbonyl (C=O) groups excluding carboxylic acids is 1. The summed E-state index contributed by atoms with van der Waals surface area (Å²) in [5.74, 6) is -4.93. The Morgan fingerprint density at radius 1 is 1.08 bits per heavy atom. The number of halogens is 4. The summed E-state index contributed by atoms with van der Waals surface area (Å²) in [7, 11) is 3.15. The van der Waals surface area contributed by atoms with Gasteiger partial charge in [-0.1, -0.05) is 6.58 Å². The van der Waals surface area contributed by atoms with Gasteiger partial charge in [0, 0.05) is 49.7 Å². The molecule has 0 radical (unpaired) electrons. The van der Waals surface area contributed by atoms with Gasteiger partial charge in [0.25, 0.3) is 0 Å². The summed E-state index contributed by atoms with van der Waals surface area (Å²) in [6, 6.07) is 4.98. The smallest absolute Gasteiger partial charge is 0.302 e. The number of carbonyl (C=O) groups is 1. The molecule has 1 aliphatic carbocycles. The number of fused-ring (bicyclic) bond motifs is 3. The molecule has 1 amide bonds. The molecule has 13 heteroatoms. The van der Waals surface area contributed by atoms with Crippen LogP contribution in [0.2, 0.25) is 0 Å². The Labute approximate surface area is 287 Å². The van der Waals surface area contributed by atoms with E-state index >= 15 is 4.39 Å². The maximum absolute atomic E-state index is 16.2. The summed E-state index contributed by atoms with van der Waals surface area (Å²) in [4.78, 5) is 25.5. The van der Waals surface area contributed by atoms with Crippen molar-refractivity contribution in [2.75, 3.05) is 40.5 Å². The summed E-state index contributed by atoms with van der Waals surface area (Å²) in [6.07, 6.45) is 4.61. The molecule has 0 fully saturated rings. The van der Waals surface area contributed by atoms with Gasteiger partial charge < -0.3 is 14.4 Å². The van der Waals surface area contributed by atoms with Crippen LogP contribution < -0.4 is 4.74 Å². The Hall–Kier alpha value is -4.62. The molecule has 1 aromatic carbocycles. The van der Waals surface area contributed by atoms with E-state index in [0.29, 0.717) is 59.7 Å². The highest BCUT2D eigenvalue weighted by atomic mass is 19.3. The molecule has 2 atom stereocenters. The molecule has 3 aliphatic rings. The maximum atomic E-state index is 16.2. The first-order valence-electron chi connectivity index (χ1n) is 16.7. The third-order valence-corrected chi connectivity index (χ3v) is 9.81. The number of alkyl halides is 2. The number of hydrogen-bond acceptors (Lipinski definition) is 7. The first kappa shape index (κ1) is 33.9. The summed E-state index contributed by atoms with van der Waals surface area (Å²) in [5, 5.41) is 4.98. The Balaban J connectivity index is 1.49. The van der Waals surface area contributed by atoms with Crippen molar-refractivity contribution in [1.29, 1.82) is 0 Å². The Morgan fingerprint density at radius 2 is 1.86 bits per heavy atom. The number of hydrogen-bond donors (Lipinski definition) is 0. The van der Waals surface area contributed by atoms with Crippen LogP contribution in [0.5, 0.6) is 5.75 Å². The van der Waals surface area contributed by atoms with Gasteiger partial charge in [0.05, 0.1) is 47.9 Å². The van der Waals surface area contributed by atoms with Crippen molar-refractivity contribution in [2.24, 2.45) is 0 Å². The van der Waals surface area contributed by atoms with Crippen LogP contribution >= 0.6 is 0 Å². The van der Waals surface area contributed by atoms with Gasteiger partial charge in [-0.05, 0) is 75.1 Å². The summed E-state index contributed by atoms with van der Waals surface area (Å²) in [5.41, 5.74) is 4.87. The Bertz CT molecular complexity index is 2010. The molecule has 262 valence electrons. The monoisotopic (exact) mass is 690 g/mol. The molecule has 5 heterocycles. The highest BCUT2D eigenvalue weighted by Crippen LogP contribution is 2.48. The van der Waals surface area contributed by atoms with Crippen LogP contribution in [-0.2, 0) is 34.8 Å². The number of pyridine rings is 2. The molecular formula is C37H38F4N6O3. The summed E-state index contributed by atoms with van der Waals surface area (Å²) < 4.78 is 73.8. The Morgan fingerprint density at radius 3 is 2.62 bits per heavy atom. The van der Waals surface area contributed by atoms with Crippen LogP contribution in [0.15, 0.2) is 43.1 Å². The van der Waals surface area contributed by atoms with Crippen LogP contribution in [0.3, 0.4) is 0 Å². The van der Waals surface area contributed by atoms with E-state index in [4.69, 9.17) is 19.6 Å². The normalized spacial score (nSPS) is 19.6. The number of aromatic nitrogens is 4. The SMILES string of the molecule is C=CC(=O)N1CC(C)n2nc(-c3nc(-c4cnc5c(c4)CN(C)CC5(F)F)c4c(c3-c3c(F)cc(F)cc3OCCOC)CCC4)cc2C1C. The van der Waals surface area contributed by atoms with Gasteiger partial charge >= 0.3 is 5.92 Å². The average Bonchev–Trinajstić information content (AvgIpc) is 3.74. The van der Waals surface area contributed by atoms with E-state index in [1.807, 2.05) is 24.6 Å². The lowest BCUT2D eigenvalue weighted by Crippen LogP contribution is -2.42. The fourth-order valence-corrected chi connectivity index (χ4v) is 7.61. The molecule has 50 heavy (non-hydrogen) atoms. The van der Waals surface area contributed by atoms with Crippen molar-refractivity contribution in [2.45, 2.75) is 57.7 Å². The minimum atomic E-state index is -3.10. The number of nitrogens with zero attached hydrogens (tertiary/aromatic N) is 6. The first-order valence-corrected chi connectivity index (χ1v) is 16.7. The maximum Gasteiger partial charge on any atom is 0.302 e. The predicted molar refractivity (Wildman–Crippen MR) is 179 cm³/mol. The molecule has 4 aromatic rings. The molecule has 0 saturated heterocycles. The standard InChI is InChI=1S/C37H38F4N6O3/c1-6-31(48)46-17-20(2)47-29(21(46)3)15-28(44-47)35-32(33-27(39)13-24(38)14-30(33)50-11-10-49-5)25-8-7-9-26(25)34(43-35)22-12-23-18-45(4)19-37(40,41)36(23)42-16-22/h6,12-16,20-21H,1,7-11,17-19H2,2-5H3. The van der Waals surface area contributed by atoms with Gasteiger partial charge in [0.2, 0.25) is 5.91 Å². The quantitative estimate of drug-likeness (QED) is 0.116. The molecule has 0 saturated carbocycles. The molecule has 3 aromatic heterocycles. The van der Waals surface area contributed by atoms with E-state index in [1.165, 1.54) is 19.4 Å². The molecular weight excluding hydrogens is 652 g/mol. The summed E-state index contributed by atoms with van der Waals surface area (Å²) >= 11 is 0. The van der Waals surface area contributed by atoms with E-state index in [2.05, 4.69) is 11.6 Å². The van der Waals surface area contributed by atoms with E-state index in [9.17, 15) is 18.0 Å². The fraction of sp³-hybridized carbons (Fsp3) is 0.405. The number of rotatable bonds is 8. The van der Waals surface area contributed by atoms with Crippen LogP contribution in [-0.4, -0.2) is 75.9 Å². The van der Waals surface area contributed by atoms with E-state index in [1.54, 1.807) is 22.9 Å². The van der Waals surface area contributed by atoms with Gasteiger partial charge in [-0.2, -0.15) is 13.9 Å². The number of amides is 1. The van der Waals surface area contributed by atoms with Gasteiger partial charge in [0.15, 0.2) is 0 Å². The van der Waals surface area contributed by atoms with E-state index in [0.717, 1.165) is 35.4 Å². The molecule has 0 N–H and O–H groups in total. The van der Waals surface area contributed by atoms with Gasteiger partial charge in [0.1, 0.15) is 35.4 Å². The number of benzene rings is 1. The van der Waals surface area contributed by atoms with E-state index in [-0.39, 0.29) is 48.2 Å².